The number of ether oxygens (including phenoxy) is 2. The number of hydrogen-bond donors (Lipinski definition) is 0. The minimum atomic E-state index is -1.29. The second-order valence-corrected chi connectivity index (χ2v) is 5.43. The minimum absolute atomic E-state index is 0.205. The number of halogens is 1. The lowest BCUT2D eigenvalue weighted by atomic mass is 9.75. The molecule has 0 aromatic rings. The highest BCUT2D eigenvalue weighted by atomic mass is 35.5. The molecule has 18 heavy (non-hydrogen) atoms. The third-order valence-corrected chi connectivity index (χ3v) is 4.27. The van der Waals surface area contributed by atoms with Gasteiger partial charge in [0.15, 0.2) is 0 Å². The van der Waals surface area contributed by atoms with Crippen LogP contribution in [0.15, 0.2) is 5.16 Å². The van der Waals surface area contributed by atoms with Gasteiger partial charge in [-0.25, -0.2) is 0 Å². The number of hydrogen-bond acceptors (Lipinski definition) is 6. The zero-order valence-corrected chi connectivity index (χ0v) is 10.6. The van der Waals surface area contributed by atoms with Crippen LogP contribution in [0.25, 0.3) is 0 Å². The molecule has 2 bridgehead atoms. The lowest BCUT2D eigenvalue weighted by Crippen LogP contribution is -2.55. The van der Waals surface area contributed by atoms with Crippen LogP contribution in [0.3, 0.4) is 0 Å². The summed E-state index contributed by atoms with van der Waals surface area (Å²) in [7, 11) is 0. The van der Waals surface area contributed by atoms with Crippen molar-refractivity contribution in [1.82, 2.24) is 0 Å². The van der Waals surface area contributed by atoms with E-state index in [1.54, 1.807) is 6.92 Å². The molecular formula is C11H11ClN2O4. The SMILES string of the molecule is CC(=O)O[C@@]1(C#N)C[C@@H]2O[C@H]1[C@H]1C(C)=NO[C@@]21Cl. The molecule has 3 rings (SSSR count). The first-order valence-electron chi connectivity index (χ1n) is 5.61. The van der Waals surface area contributed by atoms with Crippen molar-refractivity contribution in [3.63, 3.8) is 0 Å². The van der Waals surface area contributed by atoms with Crippen molar-refractivity contribution in [2.75, 3.05) is 0 Å². The van der Waals surface area contributed by atoms with Crippen LogP contribution < -0.4 is 0 Å². The molecule has 96 valence electrons. The standard InChI is InChI=1S/C11H11ClN2O4/c1-5-8-9-10(4-13,17-6(2)15)3-7(16-9)11(8,12)18-14-5/h7-9H,3H2,1-2H3/t7-,8+,9-,10+,11-/m0/s1. The van der Waals surface area contributed by atoms with E-state index in [-0.39, 0.29) is 12.3 Å². The number of carbonyl (C=O) groups excluding carboxylic acids is 1. The monoisotopic (exact) mass is 270 g/mol. The van der Waals surface area contributed by atoms with Crippen molar-refractivity contribution in [2.45, 2.75) is 43.1 Å². The van der Waals surface area contributed by atoms with Gasteiger partial charge >= 0.3 is 5.97 Å². The van der Waals surface area contributed by atoms with Crippen molar-refractivity contribution in [1.29, 1.82) is 5.26 Å². The van der Waals surface area contributed by atoms with E-state index in [9.17, 15) is 10.1 Å². The largest absolute Gasteiger partial charge is 0.441 e. The second-order valence-electron chi connectivity index (χ2n) is 4.84. The third kappa shape index (κ3) is 1.21. The highest BCUT2D eigenvalue weighted by Gasteiger charge is 2.75. The first kappa shape index (κ1) is 11.8. The third-order valence-electron chi connectivity index (χ3n) is 3.72. The smallest absolute Gasteiger partial charge is 0.304 e. The molecule has 0 aromatic heterocycles. The molecule has 0 unspecified atom stereocenters. The average Bonchev–Trinajstić information content (AvgIpc) is 2.88. The summed E-state index contributed by atoms with van der Waals surface area (Å²) in [5.74, 6) is -0.877. The van der Waals surface area contributed by atoms with Crippen molar-refractivity contribution in [3.8, 4) is 6.07 Å². The van der Waals surface area contributed by atoms with Gasteiger partial charge in [0.2, 0.25) is 10.7 Å². The highest BCUT2D eigenvalue weighted by Crippen LogP contribution is 2.58. The van der Waals surface area contributed by atoms with Crippen LogP contribution in [0.4, 0.5) is 0 Å². The van der Waals surface area contributed by atoms with E-state index in [2.05, 4.69) is 11.2 Å². The fourth-order valence-electron chi connectivity index (χ4n) is 3.02. The predicted molar refractivity (Wildman–Crippen MR) is 59.7 cm³/mol. The van der Waals surface area contributed by atoms with Crippen LogP contribution in [0.5, 0.6) is 0 Å². The fraction of sp³-hybridized carbons (Fsp3) is 0.727. The number of alkyl halides is 1. The lowest BCUT2D eigenvalue weighted by Gasteiger charge is -2.35. The second kappa shape index (κ2) is 3.37. The molecule has 7 heteroatoms. The molecule has 0 saturated carbocycles. The van der Waals surface area contributed by atoms with E-state index >= 15 is 0 Å². The molecule has 3 aliphatic heterocycles. The van der Waals surface area contributed by atoms with Crippen LogP contribution in [0.1, 0.15) is 20.3 Å². The van der Waals surface area contributed by atoms with Crippen LogP contribution >= 0.6 is 11.6 Å². The zero-order chi connectivity index (χ0) is 13.1. The number of oxime groups is 1. The quantitative estimate of drug-likeness (QED) is 0.523. The Labute approximate surface area is 108 Å². The van der Waals surface area contributed by atoms with Gasteiger partial charge in [0.1, 0.15) is 18.3 Å². The predicted octanol–water partition coefficient (Wildman–Crippen LogP) is 0.940. The summed E-state index contributed by atoms with van der Waals surface area (Å²) in [5, 5.41) is 12.2. The van der Waals surface area contributed by atoms with Gasteiger partial charge in [-0.15, -0.1) is 0 Å². The van der Waals surface area contributed by atoms with Gasteiger partial charge in [-0.3, -0.25) is 4.79 Å². The molecule has 0 amide bonds. The summed E-state index contributed by atoms with van der Waals surface area (Å²) in [6.07, 6.45) is -0.925. The Hall–Kier alpha value is -1.32. The van der Waals surface area contributed by atoms with Crippen LogP contribution in [-0.2, 0) is 19.1 Å². The van der Waals surface area contributed by atoms with Gasteiger partial charge in [0, 0.05) is 13.3 Å². The summed E-state index contributed by atoms with van der Waals surface area (Å²) in [6, 6.07) is 2.05. The van der Waals surface area contributed by atoms with Gasteiger partial charge in [-0.05, 0) is 6.92 Å². The molecule has 2 fully saturated rings. The maximum absolute atomic E-state index is 11.2. The molecule has 6 nitrogen and oxygen atoms in total. The number of nitrogens with zero attached hydrogens (tertiary/aromatic N) is 2. The first-order valence-corrected chi connectivity index (χ1v) is 5.98. The Morgan fingerprint density at radius 3 is 3.06 bits per heavy atom. The first-order chi connectivity index (χ1) is 8.43. The van der Waals surface area contributed by atoms with Crippen molar-refractivity contribution in [3.05, 3.63) is 0 Å². The Kier molecular flexibility index (Phi) is 2.20. The van der Waals surface area contributed by atoms with Crippen molar-refractivity contribution < 1.29 is 19.1 Å². The molecule has 0 aliphatic carbocycles. The number of nitriles is 1. The topological polar surface area (TPSA) is 80.9 Å². The Morgan fingerprint density at radius 2 is 2.44 bits per heavy atom. The van der Waals surface area contributed by atoms with Gasteiger partial charge < -0.3 is 14.3 Å². The molecular weight excluding hydrogens is 260 g/mol. The normalized spacial score (nSPS) is 48.1. The van der Waals surface area contributed by atoms with E-state index in [1.807, 2.05) is 0 Å². The van der Waals surface area contributed by atoms with Crippen LogP contribution in [0.2, 0.25) is 0 Å². The molecule has 0 radical (unpaired) electrons. The number of esters is 1. The lowest BCUT2D eigenvalue weighted by molar-refractivity contribution is -0.157. The summed E-state index contributed by atoms with van der Waals surface area (Å²) in [4.78, 5) is 16.4. The molecule has 0 N–H and O–H groups in total. The fourth-order valence-corrected chi connectivity index (χ4v) is 3.45. The van der Waals surface area contributed by atoms with E-state index in [4.69, 9.17) is 25.9 Å². The van der Waals surface area contributed by atoms with Gasteiger partial charge in [-0.1, -0.05) is 16.8 Å². The highest BCUT2D eigenvalue weighted by molar-refractivity contribution is 6.26. The number of fused-ring (bicyclic) bond motifs is 5. The van der Waals surface area contributed by atoms with Crippen LogP contribution in [-0.4, -0.2) is 34.6 Å². The zero-order valence-electron chi connectivity index (χ0n) is 9.84. The van der Waals surface area contributed by atoms with Gasteiger partial charge in [0.05, 0.1) is 11.6 Å². The molecule has 0 spiro atoms. The summed E-state index contributed by atoms with van der Waals surface area (Å²) in [5.41, 5.74) is -0.631. The maximum Gasteiger partial charge on any atom is 0.304 e. The number of rotatable bonds is 1. The van der Waals surface area contributed by atoms with Crippen LogP contribution in [0, 0.1) is 17.2 Å². The Bertz CT molecular complexity index is 502. The summed E-state index contributed by atoms with van der Waals surface area (Å²) < 4.78 is 10.9. The molecule has 3 heterocycles. The minimum Gasteiger partial charge on any atom is -0.441 e. The van der Waals surface area contributed by atoms with Gasteiger partial charge in [-0.2, -0.15) is 5.26 Å². The van der Waals surface area contributed by atoms with Gasteiger partial charge in [0.25, 0.3) is 0 Å². The number of carbonyl (C=O) groups is 1. The molecule has 5 atom stereocenters. The Balaban J connectivity index is 1.99. The summed E-state index contributed by atoms with van der Waals surface area (Å²) in [6.45, 7) is 3.03. The Morgan fingerprint density at radius 1 is 1.72 bits per heavy atom. The molecule has 2 saturated heterocycles. The van der Waals surface area contributed by atoms with Crippen molar-refractivity contribution >= 4 is 23.3 Å². The summed E-state index contributed by atoms with van der Waals surface area (Å²) >= 11 is 6.37. The van der Waals surface area contributed by atoms with E-state index in [0.29, 0.717) is 5.71 Å². The maximum atomic E-state index is 11.2. The van der Waals surface area contributed by atoms with Crippen molar-refractivity contribution in [2.24, 2.45) is 11.1 Å². The van der Waals surface area contributed by atoms with E-state index < -0.39 is 28.8 Å². The van der Waals surface area contributed by atoms with E-state index in [0.717, 1.165) is 0 Å². The van der Waals surface area contributed by atoms with E-state index in [1.165, 1.54) is 6.92 Å². The molecule has 0 aromatic carbocycles. The molecule has 3 aliphatic rings. The average molecular weight is 271 g/mol.